The Balaban J connectivity index is 2.61. The highest BCUT2D eigenvalue weighted by Gasteiger charge is 2.28. The van der Waals surface area contributed by atoms with E-state index in [1.165, 1.54) is 0 Å². The summed E-state index contributed by atoms with van der Waals surface area (Å²) in [6, 6.07) is 6.88. The van der Waals surface area contributed by atoms with E-state index in [-0.39, 0.29) is 6.61 Å². The Morgan fingerprint density at radius 2 is 2.20 bits per heavy atom. The fourth-order valence-electron chi connectivity index (χ4n) is 0.882. The van der Waals surface area contributed by atoms with Crippen LogP contribution in [0.3, 0.4) is 0 Å². The van der Waals surface area contributed by atoms with Crippen molar-refractivity contribution in [2.24, 2.45) is 5.41 Å². The molecule has 0 saturated carbocycles. The lowest BCUT2D eigenvalue weighted by Gasteiger charge is -2.19. The first-order valence-corrected chi connectivity index (χ1v) is 4.91. The Morgan fingerprint density at radius 3 is 2.73 bits per heavy atom. The van der Waals surface area contributed by atoms with E-state index < -0.39 is 11.4 Å². The molecule has 0 unspecified atom stereocenters. The summed E-state index contributed by atoms with van der Waals surface area (Å²) >= 11 is 5.76. The van der Waals surface area contributed by atoms with Gasteiger partial charge in [-0.1, -0.05) is 17.7 Å². The Morgan fingerprint density at radius 1 is 1.53 bits per heavy atom. The summed E-state index contributed by atoms with van der Waals surface area (Å²) < 4.78 is 5.35. The number of benzene rings is 1. The van der Waals surface area contributed by atoms with Crippen LogP contribution in [0.1, 0.15) is 13.8 Å². The van der Waals surface area contributed by atoms with Gasteiger partial charge < -0.3 is 9.84 Å². The second kappa shape index (κ2) is 4.53. The van der Waals surface area contributed by atoms with Gasteiger partial charge in [-0.3, -0.25) is 4.79 Å². The number of carboxylic acids is 1. The zero-order chi connectivity index (χ0) is 11.5. The summed E-state index contributed by atoms with van der Waals surface area (Å²) in [7, 11) is 0. The molecule has 1 N–H and O–H groups in total. The van der Waals surface area contributed by atoms with E-state index in [1.807, 2.05) is 0 Å². The number of carboxylic acid groups (broad SMARTS) is 1. The Labute approximate surface area is 93.6 Å². The van der Waals surface area contributed by atoms with Crippen LogP contribution in [-0.4, -0.2) is 17.7 Å². The molecule has 0 saturated heterocycles. The second-order valence-electron chi connectivity index (χ2n) is 3.94. The normalized spacial score (nSPS) is 11.1. The molecular weight excluding hydrogens is 216 g/mol. The summed E-state index contributed by atoms with van der Waals surface area (Å²) in [5, 5.41) is 9.44. The maximum atomic E-state index is 10.8. The number of ether oxygens (including phenoxy) is 1. The van der Waals surface area contributed by atoms with Gasteiger partial charge in [-0.15, -0.1) is 0 Å². The van der Waals surface area contributed by atoms with Crippen LogP contribution in [0, 0.1) is 5.41 Å². The number of halogens is 1. The number of carbonyl (C=O) groups is 1. The maximum absolute atomic E-state index is 10.8. The van der Waals surface area contributed by atoms with E-state index in [2.05, 4.69) is 0 Å². The van der Waals surface area contributed by atoms with E-state index in [0.29, 0.717) is 10.8 Å². The summed E-state index contributed by atoms with van der Waals surface area (Å²) in [5.74, 6) is -0.304. The van der Waals surface area contributed by atoms with Crippen molar-refractivity contribution in [3.63, 3.8) is 0 Å². The minimum absolute atomic E-state index is 0.114. The summed E-state index contributed by atoms with van der Waals surface area (Å²) in [5.41, 5.74) is -0.900. The van der Waals surface area contributed by atoms with Crippen LogP contribution in [0.4, 0.5) is 0 Å². The summed E-state index contributed by atoms with van der Waals surface area (Å²) in [6.07, 6.45) is 0. The van der Waals surface area contributed by atoms with Crippen LogP contribution in [0.2, 0.25) is 5.02 Å². The van der Waals surface area contributed by atoms with E-state index in [9.17, 15) is 4.79 Å². The number of hydrogen-bond acceptors (Lipinski definition) is 2. The van der Waals surface area contributed by atoms with Crippen molar-refractivity contribution in [3.8, 4) is 5.75 Å². The molecule has 0 radical (unpaired) electrons. The molecule has 1 aromatic rings. The molecule has 1 aromatic carbocycles. The largest absolute Gasteiger partial charge is 0.492 e. The Bertz CT molecular complexity index is 361. The van der Waals surface area contributed by atoms with Crippen molar-refractivity contribution in [1.82, 2.24) is 0 Å². The lowest BCUT2D eigenvalue weighted by molar-refractivity contribution is -0.148. The molecule has 0 fully saturated rings. The van der Waals surface area contributed by atoms with Gasteiger partial charge in [0.15, 0.2) is 0 Å². The van der Waals surface area contributed by atoms with Gasteiger partial charge in [0, 0.05) is 5.02 Å². The quantitative estimate of drug-likeness (QED) is 0.862. The van der Waals surface area contributed by atoms with E-state index in [1.54, 1.807) is 38.1 Å². The molecule has 0 aliphatic rings. The third-order valence-corrected chi connectivity index (χ3v) is 2.21. The average Bonchev–Trinajstić information content (AvgIpc) is 2.15. The van der Waals surface area contributed by atoms with Gasteiger partial charge in [0.25, 0.3) is 0 Å². The van der Waals surface area contributed by atoms with Crippen molar-refractivity contribution in [2.75, 3.05) is 6.61 Å². The number of rotatable bonds is 4. The number of hydrogen-bond donors (Lipinski definition) is 1. The molecular formula is C11H13ClO3. The molecule has 0 bridgehead atoms. The van der Waals surface area contributed by atoms with Crippen LogP contribution in [0.5, 0.6) is 5.75 Å². The summed E-state index contributed by atoms with van der Waals surface area (Å²) in [6.45, 7) is 3.34. The maximum Gasteiger partial charge on any atom is 0.312 e. The van der Waals surface area contributed by atoms with Crippen LogP contribution >= 0.6 is 11.6 Å². The van der Waals surface area contributed by atoms with Crippen LogP contribution < -0.4 is 4.74 Å². The van der Waals surface area contributed by atoms with Crippen LogP contribution in [0.25, 0.3) is 0 Å². The topological polar surface area (TPSA) is 46.5 Å². The first-order chi connectivity index (χ1) is 6.92. The van der Waals surface area contributed by atoms with Crippen LogP contribution in [0.15, 0.2) is 24.3 Å². The highest BCUT2D eigenvalue weighted by atomic mass is 35.5. The Kier molecular flexibility index (Phi) is 3.58. The highest BCUT2D eigenvalue weighted by molar-refractivity contribution is 6.30. The average molecular weight is 229 g/mol. The van der Waals surface area contributed by atoms with Crippen LogP contribution in [-0.2, 0) is 4.79 Å². The monoisotopic (exact) mass is 228 g/mol. The zero-order valence-electron chi connectivity index (χ0n) is 8.66. The zero-order valence-corrected chi connectivity index (χ0v) is 9.41. The lowest BCUT2D eigenvalue weighted by atomic mass is 9.95. The fraction of sp³-hybridized carbons (Fsp3) is 0.364. The molecule has 82 valence electrons. The SMILES string of the molecule is CC(C)(COc1cccc(Cl)c1)C(=O)O. The molecule has 0 aliphatic heterocycles. The lowest BCUT2D eigenvalue weighted by Crippen LogP contribution is -2.30. The molecule has 0 aliphatic carbocycles. The smallest absolute Gasteiger partial charge is 0.312 e. The van der Waals surface area contributed by atoms with Crippen molar-refractivity contribution in [1.29, 1.82) is 0 Å². The molecule has 1 rings (SSSR count). The Hall–Kier alpha value is -1.22. The second-order valence-corrected chi connectivity index (χ2v) is 4.37. The van der Waals surface area contributed by atoms with Gasteiger partial charge in [0.1, 0.15) is 12.4 Å². The van der Waals surface area contributed by atoms with Gasteiger partial charge in [-0.2, -0.15) is 0 Å². The van der Waals surface area contributed by atoms with Gasteiger partial charge in [0.05, 0.1) is 5.41 Å². The van der Waals surface area contributed by atoms with Gasteiger partial charge in [0.2, 0.25) is 0 Å². The van der Waals surface area contributed by atoms with Gasteiger partial charge in [-0.25, -0.2) is 0 Å². The van der Waals surface area contributed by atoms with Gasteiger partial charge >= 0.3 is 5.97 Å². The predicted molar refractivity (Wildman–Crippen MR) is 58.4 cm³/mol. The first-order valence-electron chi connectivity index (χ1n) is 4.53. The fourth-order valence-corrected chi connectivity index (χ4v) is 1.06. The highest BCUT2D eigenvalue weighted by Crippen LogP contribution is 2.21. The molecule has 0 spiro atoms. The predicted octanol–water partition coefficient (Wildman–Crippen LogP) is 2.83. The molecule has 15 heavy (non-hydrogen) atoms. The molecule has 3 nitrogen and oxygen atoms in total. The minimum Gasteiger partial charge on any atom is -0.492 e. The van der Waals surface area contributed by atoms with E-state index in [4.69, 9.17) is 21.4 Å². The molecule has 4 heteroatoms. The van der Waals surface area contributed by atoms with Crippen molar-refractivity contribution in [3.05, 3.63) is 29.3 Å². The van der Waals surface area contributed by atoms with E-state index in [0.717, 1.165) is 0 Å². The molecule has 0 heterocycles. The molecule has 0 amide bonds. The van der Waals surface area contributed by atoms with Gasteiger partial charge in [-0.05, 0) is 32.0 Å². The standard InChI is InChI=1S/C11H13ClO3/c1-11(2,10(13)14)7-15-9-5-3-4-8(12)6-9/h3-6H,7H2,1-2H3,(H,13,14). The van der Waals surface area contributed by atoms with Crippen molar-refractivity contribution in [2.45, 2.75) is 13.8 Å². The van der Waals surface area contributed by atoms with E-state index >= 15 is 0 Å². The van der Waals surface area contributed by atoms with Crippen molar-refractivity contribution >= 4 is 17.6 Å². The minimum atomic E-state index is -0.900. The molecule has 0 atom stereocenters. The first kappa shape index (κ1) is 11.9. The summed E-state index contributed by atoms with van der Waals surface area (Å²) in [4.78, 5) is 10.8. The van der Waals surface area contributed by atoms with Crippen molar-refractivity contribution < 1.29 is 14.6 Å². The third kappa shape index (κ3) is 3.44. The third-order valence-electron chi connectivity index (χ3n) is 1.97. The molecule has 0 aromatic heterocycles. The number of aliphatic carboxylic acids is 1.